The summed E-state index contributed by atoms with van der Waals surface area (Å²) in [6, 6.07) is 15.7. The van der Waals surface area contributed by atoms with Gasteiger partial charge in [-0.1, -0.05) is 36.4 Å². The van der Waals surface area contributed by atoms with E-state index >= 15 is 0 Å². The molecule has 4 heterocycles. The number of rotatable bonds is 8. The monoisotopic (exact) mass is 612 g/mol. The molecule has 0 amide bonds. The predicted molar refractivity (Wildman–Crippen MR) is 167 cm³/mol. The van der Waals surface area contributed by atoms with Crippen molar-refractivity contribution in [3.8, 4) is 5.95 Å². The molecule has 2 fully saturated rings. The van der Waals surface area contributed by atoms with Gasteiger partial charge in [0.15, 0.2) is 5.82 Å². The maximum atomic E-state index is 14.2. The molecule has 9 nitrogen and oxygen atoms in total. The summed E-state index contributed by atoms with van der Waals surface area (Å²) >= 11 is 0. The van der Waals surface area contributed by atoms with E-state index in [1.165, 1.54) is 15.7 Å². The number of nitrogens with zero attached hydrogens (tertiary/aromatic N) is 7. The number of benzene rings is 2. The van der Waals surface area contributed by atoms with Gasteiger partial charge in [0, 0.05) is 18.6 Å². The Hall–Kier alpha value is -3.41. The third kappa shape index (κ3) is 6.89. The van der Waals surface area contributed by atoms with Crippen LogP contribution in [0.3, 0.4) is 0 Å². The van der Waals surface area contributed by atoms with Crippen LogP contribution in [0.15, 0.2) is 48.5 Å². The van der Waals surface area contributed by atoms with E-state index < -0.39 is 17.8 Å². The zero-order valence-electron chi connectivity index (χ0n) is 24.8. The van der Waals surface area contributed by atoms with Crippen molar-refractivity contribution in [1.82, 2.24) is 29.4 Å². The minimum Gasteiger partial charge on any atom is -0.378 e. The molecule has 0 unspecified atom stereocenters. The van der Waals surface area contributed by atoms with E-state index in [-0.39, 0.29) is 18.4 Å². The highest BCUT2D eigenvalue weighted by molar-refractivity contribution is 5.85. The molecule has 1 N–H and O–H groups in total. The standard InChI is InChI=1S/C31H38F2N8O.ClH/c1-31(2,20-22-8-4-5-9-23(22)21-12-14-39(3)15-13-21)38-28-35-29(40-16-18-42-19-17-40)37-30(36-28)41-25-11-7-6-10-24(25)34-27(41)26(32)33;/h4-11,21,26H,12-20H2,1-3H3,(H,35,36,37,38);1H. The van der Waals surface area contributed by atoms with Gasteiger partial charge in [0.25, 0.3) is 6.43 Å². The van der Waals surface area contributed by atoms with Gasteiger partial charge in [-0.05, 0) is 82.4 Å². The first-order valence-corrected chi connectivity index (χ1v) is 14.7. The van der Waals surface area contributed by atoms with Crippen molar-refractivity contribution >= 4 is 35.3 Å². The summed E-state index contributed by atoms with van der Waals surface area (Å²) in [5.74, 6) is 1.01. The SMILES string of the molecule is CN1CCC(c2ccccc2CC(C)(C)Nc2nc(N3CCOCC3)nc(-n3c(C(F)F)nc4ccccc43)n2)CC1.Cl. The molecule has 2 aromatic heterocycles. The van der Waals surface area contributed by atoms with E-state index in [9.17, 15) is 8.78 Å². The Morgan fingerprint density at radius 1 is 0.907 bits per heavy atom. The van der Waals surface area contributed by atoms with Crippen LogP contribution in [0.2, 0.25) is 0 Å². The number of halogens is 3. The topological polar surface area (TPSA) is 84.2 Å². The third-order valence-corrected chi connectivity index (χ3v) is 8.18. The number of ether oxygens (including phenoxy) is 1. The van der Waals surface area contributed by atoms with Crippen LogP contribution in [0.25, 0.3) is 17.0 Å². The second-order valence-electron chi connectivity index (χ2n) is 11.9. The largest absolute Gasteiger partial charge is 0.378 e. The molecule has 0 spiro atoms. The van der Waals surface area contributed by atoms with Crippen LogP contribution in [0.1, 0.15) is 56.0 Å². The quantitative estimate of drug-likeness (QED) is 0.273. The van der Waals surface area contributed by atoms with Crippen molar-refractivity contribution in [1.29, 1.82) is 0 Å². The van der Waals surface area contributed by atoms with Crippen LogP contribution in [0.5, 0.6) is 0 Å². The lowest BCUT2D eigenvalue weighted by Crippen LogP contribution is -2.39. The average molecular weight is 613 g/mol. The lowest BCUT2D eigenvalue weighted by atomic mass is 9.83. The number of aromatic nitrogens is 5. The van der Waals surface area contributed by atoms with Crippen LogP contribution in [-0.2, 0) is 11.2 Å². The molecule has 43 heavy (non-hydrogen) atoms. The van der Waals surface area contributed by atoms with Crippen molar-refractivity contribution in [3.63, 3.8) is 0 Å². The second kappa shape index (κ2) is 13.1. The van der Waals surface area contributed by atoms with Crippen molar-refractivity contribution in [2.24, 2.45) is 0 Å². The first-order chi connectivity index (χ1) is 20.3. The van der Waals surface area contributed by atoms with Gasteiger partial charge < -0.3 is 19.9 Å². The molecule has 6 rings (SSSR count). The van der Waals surface area contributed by atoms with E-state index in [1.54, 1.807) is 24.3 Å². The Labute approximate surface area is 257 Å². The maximum Gasteiger partial charge on any atom is 0.296 e. The molecule has 0 bridgehead atoms. The van der Waals surface area contributed by atoms with E-state index in [4.69, 9.17) is 14.7 Å². The molecule has 2 aliphatic heterocycles. The number of morpholine rings is 1. The zero-order chi connectivity index (χ0) is 29.3. The lowest BCUT2D eigenvalue weighted by Gasteiger charge is -2.33. The van der Waals surface area contributed by atoms with Crippen LogP contribution >= 0.6 is 12.4 Å². The number of fused-ring (bicyclic) bond motifs is 1. The van der Waals surface area contributed by atoms with Crippen molar-refractivity contribution < 1.29 is 13.5 Å². The Morgan fingerprint density at radius 3 is 2.33 bits per heavy atom. The molecule has 0 saturated carbocycles. The minimum absolute atomic E-state index is 0. The number of nitrogens with one attached hydrogen (secondary N) is 1. The molecule has 2 aliphatic rings. The molecule has 0 atom stereocenters. The number of likely N-dealkylation sites (tertiary alicyclic amines) is 1. The first kappa shape index (κ1) is 31.0. The molecule has 2 saturated heterocycles. The van der Waals surface area contributed by atoms with Gasteiger partial charge in [-0.3, -0.25) is 4.57 Å². The molecule has 230 valence electrons. The summed E-state index contributed by atoms with van der Waals surface area (Å²) in [4.78, 5) is 22.8. The van der Waals surface area contributed by atoms with Crippen LogP contribution < -0.4 is 10.2 Å². The molecular formula is C31H39ClF2N8O. The number of hydrogen-bond acceptors (Lipinski definition) is 8. The van der Waals surface area contributed by atoms with E-state index in [2.05, 4.69) is 65.3 Å². The van der Waals surface area contributed by atoms with Gasteiger partial charge >= 0.3 is 0 Å². The molecule has 0 radical (unpaired) electrons. The Morgan fingerprint density at radius 2 is 1.58 bits per heavy atom. The van der Waals surface area contributed by atoms with Gasteiger partial charge in [0.1, 0.15) is 0 Å². The highest BCUT2D eigenvalue weighted by atomic mass is 35.5. The smallest absolute Gasteiger partial charge is 0.296 e. The summed E-state index contributed by atoms with van der Waals surface area (Å²) in [7, 11) is 2.18. The average Bonchev–Trinajstić information content (AvgIpc) is 3.38. The summed E-state index contributed by atoms with van der Waals surface area (Å²) in [5, 5.41) is 3.53. The summed E-state index contributed by atoms with van der Waals surface area (Å²) in [5.41, 5.74) is 3.24. The van der Waals surface area contributed by atoms with Gasteiger partial charge in [0.05, 0.1) is 24.2 Å². The lowest BCUT2D eigenvalue weighted by molar-refractivity contribution is 0.122. The molecule has 0 aliphatic carbocycles. The fourth-order valence-electron chi connectivity index (χ4n) is 6.05. The fourth-order valence-corrected chi connectivity index (χ4v) is 6.05. The van der Waals surface area contributed by atoms with E-state index in [0.29, 0.717) is 55.2 Å². The summed E-state index contributed by atoms with van der Waals surface area (Å²) in [6.45, 7) is 8.72. The number of alkyl halides is 2. The van der Waals surface area contributed by atoms with Crippen LogP contribution in [-0.4, -0.2) is 81.4 Å². The normalized spacial score (nSPS) is 16.9. The zero-order valence-corrected chi connectivity index (χ0v) is 25.7. The van der Waals surface area contributed by atoms with Gasteiger partial charge in [0.2, 0.25) is 17.8 Å². The number of hydrogen-bond donors (Lipinski definition) is 1. The van der Waals surface area contributed by atoms with Gasteiger partial charge in [-0.25, -0.2) is 13.8 Å². The number of anilines is 2. The van der Waals surface area contributed by atoms with Crippen LogP contribution in [0, 0.1) is 0 Å². The van der Waals surface area contributed by atoms with Crippen molar-refractivity contribution in [2.75, 3.05) is 56.7 Å². The maximum absolute atomic E-state index is 14.2. The number of para-hydroxylation sites is 2. The molecular weight excluding hydrogens is 574 g/mol. The Balaban J connectivity index is 0.00000368. The molecule has 12 heteroatoms. The summed E-state index contributed by atoms with van der Waals surface area (Å²) in [6.07, 6.45) is 0.239. The van der Waals surface area contributed by atoms with Crippen molar-refractivity contribution in [3.05, 3.63) is 65.5 Å². The first-order valence-electron chi connectivity index (χ1n) is 14.7. The number of piperidine rings is 1. The highest BCUT2D eigenvalue weighted by Gasteiger charge is 2.28. The van der Waals surface area contributed by atoms with E-state index in [0.717, 1.165) is 32.4 Å². The summed E-state index contributed by atoms with van der Waals surface area (Å²) < 4.78 is 35.3. The molecule has 2 aromatic carbocycles. The fraction of sp³-hybridized carbons (Fsp3) is 0.484. The predicted octanol–water partition coefficient (Wildman–Crippen LogP) is 5.65. The Bertz CT molecular complexity index is 1530. The van der Waals surface area contributed by atoms with Gasteiger partial charge in [-0.2, -0.15) is 15.0 Å². The number of imidazole rings is 1. The highest BCUT2D eigenvalue weighted by Crippen LogP contribution is 2.33. The Kier molecular flexibility index (Phi) is 9.43. The van der Waals surface area contributed by atoms with Crippen molar-refractivity contribution in [2.45, 2.75) is 51.0 Å². The second-order valence-corrected chi connectivity index (χ2v) is 11.9. The van der Waals surface area contributed by atoms with Crippen LogP contribution in [0.4, 0.5) is 20.7 Å². The van der Waals surface area contributed by atoms with E-state index in [1.807, 2.05) is 4.90 Å². The minimum atomic E-state index is -2.80. The molecule has 4 aromatic rings. The van der Waals surface area contributed by atoms with Gasteiger partial charge in [-0.15, -0.1) is 12.4 Å². The third-order valence-electron chi connectivity index (χ3n) is 8.18.